The third kappa shape index (κ3) is 4.63. The minimum atomic E-state index is -0.207. The number of amides is 1. The zero-order valence-corrected chi connectivity index (χ0v) is 12.1. The zero-order valence-electron chi connectivity index (χ0n) is 12.1. The number of carbonyl (C=O) groups excluding carboxylic acids is 1. The highest BCUT2D eigenvalue weighted by Crippen LogP contribution is 2.38. The molecule has 1 N–H and O–H groups in total. The predicted octanol–water partition coefficient (Wildman–Crippen LogP) is 1.29. The van der Waals surface area contributed by atoms with Crippen molar-refractivity contribution >= 4 is 5.91 Å². The number of rotatable bonds is 5. The highest BCUT2D eigenvalue weighted by molar-refractivity contribution is 5.78. The van der Waals surface area contributed by atoms with Gasteiger partial charge in [0.25, 0.3) is 0 Å². The summed E-state index contributed by atoms with van der Waals surface area (Å²) in [6.07, 6.45) is 2.31. The Bertz CT molecular complexity index is 446. The van der Waals surface area contributed by atoms with Gasteiger partial charge in [-0.05, 0) is 40.7 Å². The van der Waals surface area contributed by atoms with Gasteiger partial charge in [-0.15, -0.1) is 0 Å². The summed E-state index contributed by atoms with van der Waals surface area (Å²) < 4.78 is 5.18. The van der Waals surface area contributed by atoms with Crippen molar-refractivity contribution in [2.24, 2.45) is 0 Å². The van der Waals surface area contributed by atoms with E-state index in [1.54, 1.807) is 0 Å². The van der Waals surface area contributed by atoms with Crippen LogP contribution in [0.15, 0.2) is 4.52 Å². The number of nitrogens with one attached hydrogen (secondary N) is 1. The second kappa shape index (κ2) is 5.28. The Morgan fingerprint density at radius 2 is 2.16 bits per heavy atom. The number of hydrogen-bond donors (Lipinski definition) is 1. The average Bonchev–Trinajstić information content (AvgIpc) is 2.97. The first-order chi connectivity index (χ1) is 8.83. The number of nitrogens with zero attached hydrogens (tertiary/aromatic N) is 3. The van der Waals surface area contributed by atoms with Crippen LogP contribution in [0.4, 0.5) is 0 Å². The molecular weight excluding hydrogens is 244 g/mol. The fraction of sp³-hybridized carbons (Fsp3) is 0.769. The summed E-state index contributed by atoms with van der Waals surface area (Å²) >= 11 is 0. The maximum Gasteiger partial charge on any atom is 0.240 e. The molecule has 0 unspecified atom stereocenters. The third-order valence-electron chi connectivity index (χ3n) is 2.76. The molecule has 6 heteroatoms. The van der Waals surface area contributed by atoms with E-state index in [0.717, 1.165) is 18.7 Å². The Kier molecular flexibility index (Phi) is 3.89. The van der Waals surface area contributed by atoms with Crippen LogP contribution in [0.5, 0.6) is 0 Å². The van der Waals surface area contributed by atoms with Crippen molar-refractivity contribution in [1.82, 2.24) is 20.4 Å². The average molecular weight is 266 g/mol. The van der Waals surface area contributed by atoms with E-state index in [0.29, 0.717) is 24.9 Å². The van der Waals surface area contributed by atoms with E-state index in [-0.39, 0.29) is 11.4 Å². The molecular formula is C13H22N4O2. The molecule has 106 valence electrons. The summed E-state index contributed by atoms with van der Waals surface area (Å²) in [7, 11) is 1.86. The van der Waals surface area contributed by atoms with E-state index in [1.165, 1.54) is 0 Å². The van der Waals surface area contributed by atoms with Crippen LogP contribution in [-0.2, 0) is 11.3 Å². The monoisotopic (exact) mass is 266 g/mol. The Morgan fingerprint density at radius 1 is 1.47 bits per heavy atom. The highest BCUT2D eigenvalue weighted by atomic mass is 16.5. The topological polar surface area (TPSA) is 71.3 Å². The van der Waals surface area contributed by atoms with Crippen molar-refractivity contribution < 1.29 is 9.32 Å². The summed E-state index contributed by atoms with van der Waals surface area (Å²) in [5.74, 6) is 1.87. The van der Waals surface area contributed by atoms with Crippen molar-refractivity contribution in [3.8, 4) is 0 Å². The molecule has 1 aliphatic carbocycles. The molecule has 0 radical (unpaired) electrons. The molecule has 1 heterocycles. The first-order valence-electron chi connectivity index (χ1n) is 6.65. The molecule has 1 amide bonds. The molecule has 2 rings (SSSR count). The Morgan fingerprint density at radius 3 is 2.74 bits per heavy atom. The quantitative estimate of drug-likeness (QED) is 0.869. The summed E-state index contributed by atoms with van der Waals surface area (Å²) in [5.41, 5.74) is -0.207. The lowest BCUT2D eigenvalue weighted by molar-refractivity contribution is -0.123. The fourth-order valence-electron chi connectivity index (χ4n) is 1.83. The smallest absolute Gasteiger partial charge is 0.240 e. The van der Waals surface area contributed by atoms with Crippen LogP contribution in [0.25, 0.3) is 0 Å². The van der Waals surface area contributed by atoms with Crippen LogP contribution in [0, 0.1) is 0 Å². The minimum Gasteiger partial charge on any atom is -0.350 e. The molecule has 1 saturated carbocycles. The summed E-state index contributed by atoms with van der Waals surface area (Å²) in [5, 5.41) is 6.88. The largest absolute Gasteiger partial charge is 0.350 e. The first-order valence-corrected chi connectivity index (χ1v) is 6.65. The molecule has 6 nitrogen and oxygen atoms in total. The summed E-state index contributed by atoms with van der Waals surface area (Å²) in [6.45, 7) is 6.70. The van der Waals surface area contributed by atoms with Gasteiger partial charge in [0, 0.05) is 11.5 Å². The Hall–Kier alpha value is -1.43. The second-order valence-electron chi connectivity index (χ2n) is 6.29. The number of aromatic nitrogens is 2. The van der Waals surface area contributed by atoms with Crippen LogP contribution in [-0.4, -0.2) is 40.1 Å². The fourth-order valence-corrected chi connectivity index (χ4v) is 1.83. The molecule has 1 aliphatic rings. The SMILES string of the molecule is CN(CC(=O)NC(C)(C)C)Cc1nc(C2CC2)no1. The van der Waals surface area contributed by atoms with Gasteiger partial charge in [0.1, 0.15) is 0 Å². The van der Waals surface area contributed by atoms with E-state index < -0.39 is 0 Å². The summed E-state index contributed by atoms with van der Waals surface area (Å²) in [4.78, 5) is 18.0. The molecule has 0 saturated heterocycles. The van der Waals surface area contributed by atoms with Crippen LogP contribution in [0.1, 0.15) is 51.2 Å². The minimum absolute atomic E-state index is 0.00284. The van der Waals surface area contributed by atoms with Gasteiger partial charge in [-0.3, -0.25) is 9.69 Å². The molecule has 1 fully saturated rings. The molecule has 0 spiro atoms. The Balaban J connectivity index is 1.79. The van der Waals surface area contributed by atoms with Gasteiger partial charge in [-0.2, -0.15) is 4.98 Å². The maximum atomic E-state index is 11.8. The first kappa shape index (κ1) is 14.0. The highest BCUT2D eigenvalue weighted by Gasteiger charge is 2.28. The lowest BCUT2D eigenvalue weighted by Crippen LogP contribution is -2.45. The number of carbonyl (C=O) groups is 1. The van der Waals surface area contributed by atoms with Gasteiger partial charge in [0.15, 0.2) is 5.82 Å². The van der Waals surface area contributed by atoms with Crippen molar-refractivity contribution in [2.75, 3.05) is 13.6 Å². The lowest BCUT2D eigenvalue weighted by atomic mass is 10.1. The van der Waals surface area contributed by atoms with Crippen molar-refractivity contribution in [3.05, 3.63) is 11.7 Å². The van der Waals surface area contributed by atoms with Gasteiger partial charge >= 0.3 is 0 Å². The molecule has 0 aromatic carbocycles. The molecule has 1 aromatic rings. The molecule has 19 heavy (non-hydrogen) atoms. The third-order valence-corrected chi connectivity index (χ3v) is 2.76. The van der Waals surface area contributed by atoms with Crippen molar-refractivity contribution in [1.29, 1.82) is 0 Å². The van der Waals surface area contributed by atoms with Crippen LogP contribution in [0.2, 0.25) is 0 Å². The Labute approximate surface area is 113 Å². The summed E-state index contributed by atoms with van der Waals surface area (Å²) in [6, 6.07) is 0. The van der Waals surface area contributed by atoms with E-state index in [9.17, 15) is 4.79 Å². The van der Waals surface area contributed by atoms with Gasteiger partial charge in [0.2, 0.25) is 11.8 Å². The van der Waals surface area contributed by atoms with Gasteiger partial charge in [-0.1, -0.05) is 5.16 Å². The van der Waals surface area contributed by atoms with E-state index in [2.05, 4.69) is 15.5 Å². The van der Waals surface area contributed by atoms with Crippen LogP contribution in [0.3, 0.4) is 0 Å². The normalized spacial score (nSPS) is 15.8. The predicted molar refractivity (Wildman–Crippen MR) is 70.5 cm³/mol. The molecule has 0 aliphatic heterocycles. The zero-order chi connectivity index (χ0) is 14.0. The lowest BCUT2D eigenvalue weighted by Gasteiger charge is -2.22. The van der Waals surface area contributed by atoms with E-state index in [1.807, 2.05) is 32.7 Å². The number of likely N-dealkylation sites (N-methyl/N-ethyl adjacent to an activating group) is 1. The van der Waals surface area contributed by atoms with Crippen molar-refractivity contribution in [2.45, 2.75) is 51.6 Å². The number of hydrogen-bond acceptors (Lipinski definition) is 5. The van der Waals surface area contributed by atoms with Crippen molar-refractivity contribution in [3.63, 3.8) is 0 Å². The maximum absolute atomic E-state index is 11.8. The van der Waals surface area contributed by atoms with Gasteiger partial charge in [0.05, 0.1) is 13.1 Å². The molecule has 0 atom stereocenters. The van der Waals surface area contributed by atoms with Crippen LogP contribution < -0.4 is 5.32 Å². The van der Waals surface area contributed by atoms with Gasteiger partial charge < -0.3 is 9.84 Å². The van der Waals surface area contributed by atoms with E-state index >= 15 is 0 Å². The standard InChI is InChI=1S/C13H22N4O2/c1-13(2,3)15-10(18)7-17(4)8-11-14-12(16-19-11)9-5-6-9/h9H,5-8H2,1-4H3,(H,15,18). The van der Waals surface area contributed by atoms with E-state index in [4.69, 9.17) is 4.52 Å². The van der Waals surface area contributed by atoms with Crippen LogP contribution >= 0.6 is 0 Å². The molecule has 0 bridgehead atoms. The van der Waals surface area contributed by atoms with Gasteiger partial charge in [-0.25, -0.2) is 0 Å². The second-order valence-corrected chi connectivity index (χ2v) is 6.29. The molecule has 1 aromatic heterocycles.